The van der Waals surface area contributed by atoms with Gasteiger partial charge in [0, 0.05) is 21.4 Å². The van der Waals surface area contributed by atoms with Gasteiger partial charge in [0.2, 0.25) is 0 Å². The van der Waals surface area contributed by atoms with E-state index >= 15 is 0 Å². The highest BCUT2D eigenvalue weighted by Crippen LogP contribution is 2.25. The van der Waals surface area contributed by atoms with Gasteiger partial charge in [0.05, 0.1) is 17.1 Å². The molecule has 0 amide bonds. The number of hydrogen-bond acceptors (Lipinski definition) is 6. The summed E-state index contributed by atoms with van der Waals surface area (Å²) in [5.74, 6) is 1.70. The van der Waals surface area contributed by atoms with Crippen LogP contribution in [0.4, 0.5) is 5.82 Å². The van der Waals surface area contributed by atoms with E-state index < -0.39 is 0 Å². The van der Waals surface area contributed by atoms with Gasteiger partial charge in [-0.05, 0) is 48.5 Å². The van der Waals surface area contributed by atoms with Crippen LogP contribution in [0.5, 0.6) is 0 Å². The van der Waals surface area contributed by atoms with E-state index in [0.29, 0.717) is 38.9 Å². The van der Waals surface area contributed by atoms with Crippen LogP contribution in [0.1, 0.15) is 5.76 Å². The molecule has 6 aromatic rings. The number of para-hydroxylation sites is 1. The molecule has 0 saturated carbocycles. The quantitative estimate of drug-likeness (QED) is 0.155. The summed E-state index contributed by atoms with van der Waals surface area (Å²) in [5.41, 5.74) is 4.75. The number of aromatic nitrogens is 3. The molecule has 3 aromatic carbocycles. The van der Waals surface area contributed by atoms with Gasteiger partial charge in [-0.25, -0.2) is 4.98 Å². The molecular weight excluding hydrogens is 450 g/mol. The second-order valence-corrected chi connectivity index (χ2v) is 8.08. The normalized spacial score (nSPS) is 11.7. The Morgan fingerprint density at radius 1 is 0.882 bits per heavy atom. The zero-order valence-corrected chi connectivity index (χ0v) is 18.4. The fourth-order valence-electron chi connectivity index (χ4n) is 3.86. The van der Waals surface area contributed by atoms with Crippen molar-refractivity contribution < 1.29 is 4.42 Å². The molecule has 0 saturated heterocycles. The van der Waals surface area contributed by atoms with Crippen LogP contribution in [0, 0.1) is 0 Å². The topological polar surface area (TPSA) is 84.8 Å². The van der Waals surface area contributed by atoms with Gasteiger partial charge >= 0.3 is 0 Å². The minimum absolute atomic E-state index is 0.239. The summed E-state index contributed by atoms with van der Waals surface area (Å²) in [4.78, 5) is 17.8. The summed E-state index contributed by atoms with van der Waals surface area (Å²) in [6, 6.07) is 25.9. The molecule has 8 heteroatoms. The molecular formula is C26H16ClN5O2. The molecule has 0 bridgehead atoms. The van der Waals surface area contributed by atoms with Crippen molar-refractivity contribution in [3.8, 4) is 11.3 Å². The Bertz CT molecular complexity index is 1770. The maximum absolute atomic E-state index is 13.1. The van der Waals surface area contributed by atoms with Gasteiger partial charge < -0.3 is 4.42 Å². The van der Waals surface area contributed by atoms with Crippen molar-refractivity contribution in [3.05, 3.63) is 106 Å². The van der Waals surface area contributed by atoms with Crippen LogP contribution in [0.3, 0.4) is 0 Å². The number of furan rings is 1. The van der Waals surface area contributed by atoms with Crippen LogP contribution in [-0.4, -0.2) is 20.8 Å². The lowest BCUT2D eigenvalue weighted by Crippen LogP contribution is -2.19. The fourth-order valence-corrected chi connectivity index (χ4v) is 3.99. The molecule has 164 valence electrons. The maximum atomic E-state index is 13.1. The first-order valence-electron chi connectivity index (χ1n) is 10.5. The maximum Gasteiger partial charge on any atom is 0.282 e. The number of hydrazone groups is 1. The van der Waals surface area contributed by atoms with Gasteiger partial charge in [-0.2, -0.15) is 9.62 Å². The molecule has 0 aliphatic rings. The zero-order chi connectivity index (χ0) is 23.1. The van der Waals surface area contributed by atoms with Gasteiger partial charge in [-0.3, -0.25) is 10.2 Å². The Balaban J connectivity index is 1.38. The molecule has 0 fully saturated rings. The molecule has 3 heterocycles. The number of anilines is 1. The van der Waals surface area contributed by atoms with E-state index in [1.165, 1.54) is 4.52 Å². The average Bonchev–Trinajstić information content (AvgIpc) is 3.34. The summed E-state index contributed by atoms with van der Waals surface area (Å²) < 4.78 is 7.17. The number of fused-ring (bicyclic) bond motifs is 4. The minimum atomic E-state index is -0.239. The molecule has 0 spiro atoms. The van der Waals surface area contributed by atoms with Crippen molar-refractivity contribution in [2.24, 2.45) is 5.10 Å². The van der Waals surface area contributed by atoms with Crippen LogP contribution in [-0.2, 0) is 0 Å². The number of halogens is 1. The highest BCUT2D eigenvalue weighted by Gasteiger charge is 2.13. The summed E-state index contributed by atoms with van der Waals surface area (Å²) in [7, 11) is 0. The van der Waals surface area contributed by atoms with Gasteiger partial charge in [-0.1, -0.05) is 48.0 Å². The molecule has 0 radical (unpaired) electrons. The van der Waals surface area contributed by atoms with Crippen molar-refractivity contribution in [2.45, 2.75) is 0 Å². The predicted molar refractivity (Wildman–Crippen MR) is 135 cm³/mol. The van der Waals surface area contributed by atoms with Crippen LogP contribution in [0.2, 0.25) is 5.02 Å². The standard InChI is InChI=1S/C26H16ClN5O2/c27-17-11-9-16(10-12-17)23-14-13-18(34-23)15-28-30-24-19-5-1-2-6-20(19)25-29-22-8-4-3-7-21(22)26(33)32(25)31-24/h1-15H,(H,30,31)/b28-15+. The third kappa shape index (κ3) is 3.48. The highest BCUT2D eigenvalue weighted by atomic mass is 35.5. The summed E-state index contributed by atoms with van der Waals surface area (Å²) in [6.45, 7) is 0. The Hall–Kier alpha value is -4.49. The van der Waals surface area contributed by atoms with Crippen molar-refractivity contribution in [3.63, 3.8) is 0 Å². The largest absolute Gasteiger partial charge is 0.455 e. The van der Waals surface area contributed by atoms with Crippen LogP contribution >= 0.6 is 11.6 Å². The average molecular weight is 466 g/mol. The smallest absolute Gasteiger partial charge is 0.282 e. The van der Waals surface area contributed by atoms with Crippen LogP contribution < -0.4 is 11.0 Å². The molecule has 0 aliphatic carbocycles. The molecule has 34 heavy (non-hydrogen) atoms. The number of rotatable bonds is 4. The van der Waals surface area contributed by atoms with Crippen LogP contribution in [0.25, 0.3) is 38.6 Å². The van der Waals surface area contributed by atoms with Crippen molar-refractivity contribution in [1.29, 1.82) is 0 Å². The van der Waals surface area contributed by atoms with E-state index in [-0.39, 0.29) is 5.56 Å². The monoisotopic (exact) mass is 465 g/mol. The van der Waals surface area contributed by atoms with E-state index in [1.54, 1.807) is 12.3 Å². The van der Waals surface area contributed by atoms with Crippen molar-refractivity contribution in [1.82, 2.24) is 14.6 Å². The van der Waals surface area contributed by atoms with E-state index in [0.717, 1.165) is 16.3 Å². The minimum Gasteiger partial charge on any atom is -0.455 e. The third-order valence-electron chi connectivity index (χ3n) is 5.49. The lowest BCUT2D eigenvalue weighted by atomic mass is 10.1. The van der Waals surface area contributed by atoms with Crippen molar-refractivity contribution in [2.75, 3.05) is 5.43 Å². The Kier molecular flexibility index (Phi) is 4.82. The Morgan fingerprint density at radius 3 is 2.44 bits per heavy atom. The van der Waals surface area contributed by atoms with Gasteiger partial charge in [0.15, 0.2) is 11.5 Å². The second-order valence-electron chi connectivity index (χ2n) is 7.64. The SMILES string of the molecule is O=c1c2ccccc2nc2c3ccccc3c(N/N=C/c3ccc(-c4ccc(Cl)cc4)o3)nn12. The van der Waals surface area contributed by atoms with Crippen molar-refractivity contribution >= 4 is 51.0 Å². The summed E-state index contributed by atoms with van der Waals surface area (Å²) in [6.07, 6.45) is 1.56. The Morgan fingerprint density at radius 2 is 1.62 bits per heavy atom. The number of hydrogen-bond donors (Lipinski definition) is 1. The lowest BCUT2D eigenvalue weighted by Gasteiger charge is -2.09. The lowest BCUT2D eigenvalue weighted by molar-refractivity contribution is 0.575. The molecule has 0 aliphatic heterocycles. The first-order chi connectivity index (χ1) is 16.7. The molecule has 3 aromatic heterocycles. The number of nitrogens with one attached hydrogen (secondary N) is 1. The van der Waals surface area contributed by atoms with E-state index in [9.17, 15) is 4.79 Å². The first kappa shape index (κ1) is 20.1. The van der Waals surface area contributed by atoms with Gasteiger partial charge in [-0.15, -0.1) is 5.10 Å². The van der Waals surface area contributed by atoms with Crippen LogP contribution in [0.15, 0.2) is 99.2 Å². The molecule has 1 N–H and O–H groups in total. The Labute approximate surface area is 197 Å². The third-order valence-corrected chi connectivity index (χ3v) is 5.75. The fraction of sp³-hybridized carbons (Fsp3) is 0. The first-order valence-corrected chi connectivity index (χ1v) is 10.9. The highest BCUT2D eigenvalue weighted by molar-refractivity contribution is 6.30. The van der Waals surface area contributed by atoms with Gasteiger partial charge in [0.1, 0.15) is 11.5 Å². The predicted octanol–water partition coefficient (Wildman–Crippen LogP) is 5.76. The molecule has 7 nitrogen and oxygen atoms in total. The summed E-state index contributed by atoms with van der Waals surface area (Å²) >= 11 is 5.96. The molecule has 0 atom stereocenters. The molecule has 6 rings (SSSR count). The zero-order valence-electron chi connectivity index (χ0n) is 17.6. The molecule has 0 unspecified atom stereocenters. The summed E-state index contributed by atoms with van der Waals surface area (Å²) in [5, 5.41) is 11.6. The second kappa shape index (κ2) is 8.13. The van der Waals surface area contributed by atoms with E-state index in [4.69, 9.17) is 16.0 Å². The van der Waals surface area contributed by atoms with E-state index in [2.05, 4.69) is 20.6 Å². The van der Waals surface area contributed by atoms with E-state index in [1.807, 2.05) is 78.9 Å². The number of nitrogens with zero attached hydrogens (tertiary/aromatic N) is 4. The van der Waals surface area contributed by atoms with Gasteiger partial charge in [0.25, 0.3) is 5.56 Å². The number of benzene rings is 3.